The maximum absolute atomic E-state index is 10.6. The molecule has 1 heterocycles. The molecular formula is C11H11N3OS. The van der Waals surface area contributed by atoms with Gasteiger partial charge in [-0.2, -0.15) is 0 Å². The lowest BCUT2D eigenvalue weighted by atomic mass is 10.2. The fourth-order valence-electron chi connectivity index (χ4n) is 1.24. The third kappa shape index (κ3) is 2.20. The van der Waals surface area contributed by atoms with Crippen LogP contribution in [0.25, 0.3) is 0 Å². The second-order valence-electron chi connectivity index (χ2n) is 3.38. The Morgan fingerprint density at radius 2 is 2.06 bits per heavy atom. The lowest BCUT2D eigenvalue weighted by Crippen LogP contribution is -1.91. The molecule has 1 aromatic heterocycles. The van der Waals surface area contributed by atoms with E-state index >= 15 is 0 Å². The molecule has 0 spiro atoms. The average Bonchev–Trinajstić information content (AvgIpc) is 2.62. The molecule has 0 fully saturated rings. The zero-order chi connectivity index (χ0) is 11.5. The van der Waals surface area contributed by atoms with E-state index in [0.717, 1.165) is 5.69 Å². The van der Waals surface area contributed by atoms with E-state index in [-0.39, 0.29) is 5.82 Å². The Balaban J connectivity index is 2.20. The molecule has 0 saturated heterocycles. The van der Waals surface area contributed by atoms with Gasteiger partial charge < -0.3 is 11.1 Å². The molecule has 2 aromatic rings. The van der Waals surface area contributed by atoms with Crippen LogP contribution < -0.4 is 11.1 Å². The van der Waals surface area contributed by atoms with Gasteiger partial charge in [-0.25, -0.2) is 4.98 Å². The summed E-state index contributed by atoms with van der Waals surface area (Å²) in [7, 11) is 0. The number of benzene rings is 1. The Labute approximate surface area is 97.1 Å². The maximum Gasteiger partial charge on any atom is 0.189 e. The van der Waals surface area contributed by atoms with E-state index in [1.165, 1.54) is 16.9 Å². The molecule has 0 unspecified atom stereocenters. The van der Waals surface area contributed by atoms with Crippen molar-refractivity contribution in [1.29, 1.82) is 0 Å². The lowest BCUT2D eigenvalue weighted by Gasteiger charge is -2.01. The van der Waals surface area contributed by atoms with Crippen LogP contribution in [0.4, 0.5) is 16.6 Å². The second-order valence-corrected chi connectivity index (χ2v) is 4.41. The number of aldehydes is 1. The minimum absolute atomic E-state index is 0.273. The van der Waals surface area contributed by atoms with Gasteiger partial charge in [0.25, 0.3) is 0 Å². The highest BCUT2D eigenvalue weighted by Crippen LogP contribution is 2.26. The van der Waals surface area contributed by atoms with Gasteiger partial charge in [0.05, 0.1) is 0 Å². The summed E-state index contributed by atoms with van der Waals surface area (Å²) in [5.41, 5.74) is 7.68. The Morgan fingerprint density at radius 1 is 1.38 bits per heavy atom. The topological polar surface area (TPSA) is 68.0 Å². The number of nitrogens with zero attached hydrogens (tertiary/aromatic N) is 1. The first-order valence-electron chi connectivity index (χ1n) is 4.74. The Bertz CT molecular complexity index is 504. The van der Waals surface area contributed by atoms with Crippen molar-refractivity contribution >= 4 is 34.3 Å². The Hall–Kier alpha value is -1.88. The van der Waals surface area contributed by atoms with E-state index in [2.05, 4.69) is 10.3 Å². The van der Waals surface area contributed by atoms with Gasteiger partial charge in [0.2, 0.25) is 0 Å². The van der Waals surface area contributed by atoms with Crippen LogP contribution >= 0.6 is 11.3 Å². The van der Waals surface area contributed by atoms with Gasteiger partial charge in [0.15, 0.2) is 11.4 Å². The number of nitrogens with two attached hydrogens (primary N) is 1. The first-order chi connectivity index (χ1) is 7.69. The van der Waals surface area contributed by atoms with E-state index in [4.69, 9.17) is 5.73 Å². The number of anilines is 3. The largest absolute Gasteiger partial charge is 0.382 e. The fourth-order valence-corrected chi connectivity index (χ4v) is 1.96. The number of carbonyl (C=O) groups excluding carboxylic acids is 1. The number of hydrogen-bond acceptors (Lipinski definition) is 5. The number of rotatable bonds is 3. The number of hydrogen-bond donors (Lipinski definition) is 2. The van der Waals surface area contributed by atoms with E-state index < -0.39 is 0 Å². The van der Waals surface area contributed by atoms with Crippen LogP contribution in [0.15, 0.2) is 24.3 Å². The third-order valence-electron chi connectivity index (χ3n) is 2.09. The van der Waals surface area contributed by atoms with Gasteiger partial charge in [-0.05, 0) is 19.1 Å². The molecule has 0 radical (unpaired) electrons. The molecular weight excluding hydrogens is 222 g/mol. The summed E-state index contributed by atoms with van der Waals surface area (Å²) >= 11 is 1.24. The summed E-state index contributed by atoms with van der Waals surface area (Å²) in [4.78, 5) is 15.1. The summed E-state index contributed by atoms with van der Waals surface area (Å²) in [6.07, 6.45) is 0.716. The molecule has 0 saturated carbocycles. The van der Waals surface area contributed by atoms with Gasteiger partial charge >= 0.3 is 0 Å². The van der Waals surface area contributed by atoms with Crippen LogP contribution in [-0.2, 0) is 0 Å². The molecule has 0 bridgehead atoms. The molecule has 0 amide bonds. The first kappa shape index (κ1) is 10.6. The molecule has 1 aromatic carbocycles. The highest BCUT2D eigenvalue weighted by atomic mass is 32.1. The summed E-state index contributed by atoms with van der Waals surface area (Å²) in [5, 5.41) is 3.72. The van der Waals surface area contributed by atoms with Gasteiger partial charge in [0, 0.05) is 5.69 Å². The zero-order valence-electron chi connectivity index (χ0n) is 8.73. The summed E-state index contributed by atoms with van der Waals surface area (Å²) < 4.78 is 0. The highest BCUT2D eigenvalue weighted by Gasteiger charge is 2.06. The second kappa shape index (κ2) is 4.32. The van der Waals surface area contributed by atoms with Crippen molar-refractivity contribution in [1.82, 2.24) is 4.98 Å². The predicted octanol–water partition coefficient (Wildman–Crippen LogP) is 2.59. The number of nitrogen functional groups attached to an aromatic ring is 1. The van der Waals surface area contributed by atoms with Crippen LogP contribution in [0, 0.1) is 6.92 Å². The Kier molecular flexibility index (Phi) is 2.87. The van der Waals surface area contributed by atoms with Gasteiger partial charge in [-0.15, -0.1) is 0 Å². The van der Waals surface area contributed by atoms with Crippen molar-refractivity contribution in [2.75, 3.05) is 11.1 Å². The minimum Gasteiger partial charge on any atom is -0.382 e. The fraction of sp³-hybridized carbons (Fsp3) is 0.0909. The number of aryl methyl sites for hydroxylation is 1. The molecule has 0 aliphatic carbocycles. The van der Waals surface area contributed by atoms with E-state index in [9.17, 15) is 4.79 Å². The number of carbonyl (C=O) groups is 1. The van der Waals surface area contributed by atoms with Crippen LogP contribution in [-0.4, -0.2) is 11.3 Å². The summed E-state index contributed by atoms with van der Waals surface area (Å²) in [6.45, 7) is 2.02. The maximum atomic E-state index is 10.6. The SMILES string of the molecule is Cc1ccc(Nc2nc(N)c(C=O)s2)cc1. The van der Waals surface area contributed by atoms with Crippen LogP contribution in [0.1, 0.15) is 15.2 Å². The normalized spacial score (nSPS) is 10.1. The number of nitrogens with one attached hydrogen (secondary N) is 1. The highest BCUT2D eigenvalue weighted by molar-refractivity contribution is 7.17. The van der Waals surface area contributed by atoms with Crippen LogP contribution in [0.2, 0.25) is 0 Å². The predicted molar refractivity (Wildman–Crippen MR) is 66.4 cm³/mol. The van der Waals surface area contributed by atoms with E-state index in [1.54, 1.807) is 0 Å². The van der Waals surface area contributed by atoms with Crippen molar-refractivity contribution in [3.8, 4) is 0 Å². The van der Waals surface area contributed by atoms with Crippen LogP contribution in [0.5, 0.6) is 0 Å². The smallest absolute Gasteiger partial charge is 0.189 e. The summed E-state index contributed by atoms with van der Waals surface area (Å²) in [5.74, 6) is 0.273. The van der Waals surface area contributed by atoms with Gasteiger partial charge in [-0.1, -0.05) is 29.0 Å². The monoisotopic (exact) mass is 233 g/mol. The summed E-state index contributed by atoms with van der Waals surface area (Å²) in [6, 6.07) is 7.90. The number of aromatic nitrogens is 1. The molecule has 3 N–H and O–H groups in total. The molecule has 82 valence electrons. The van der Waals surface area contributed by atoms with Crippen LogP contribution in [0.3, 0.4) is 0 Å². The molecule has 2 rings (SSSR count). The van der Waals surface area contributed by atoms with Gasteiger partial charge in [-0.3, -0.25) is 4.79 Å². The van der Waals surface area contributed by atoms with Crippen molar-refractivity contribution in [2.24, 2.45) is 0 Å². The average molecular weight is 233 g/mol. The standard InChI is InChI=1S/C11H11N3OS/c1-7-2-4-8(5-3-7)13-11-14-10(12)9(6-15)16-11/h2-6H,12H2,1H3,(H,13,14). The van der Waals surface area contributed by atoms with E-state index in [1.807, 2.05) is 31.2 Å². The van der Waals surface area contributed by atoms with Crippen molar-refractivity contribution in [3.63, 3.8) is 0 Å². The van der Waals surface area contributed by atoms with Crippen molar-refractivity contribution in [2.45, 2.75) is 6.92 Å². The Morgan fingerprint density at radius 3 is 2.62 bits per heavy atom. The van der Waals surface area contributed by atoms with Crippen molar-refractivity contribution < 1.29 is 4.79 Å². The van der Waals surface area contributed by atoms with E-state index in [0.29, 0.717) is 16.3 Å². The number of thiazole rings is 1. The zero-order valence-corrected chi connectivity index (χ0v) is 9.54. The first-order valence-corrected chi connectivity index (χ1v) is 5.56. The third-order valence-corrected chi connectivity index (χ3v) is 3.00. The quantitative estimate of drug-likeness (QED) is 0.799. The van der Waals surface area contributed by atoms with Crippen molar-refractivity contribution in [3.05, 3.63) is 34.7 Å². The lowest BCUT2D eigenvalue weighted by molar-refractivity contribution is 0.112. The minimum atomic E-state index is 0.273. The molecule has 0 aliphatic rings. The van der Waals surface area contributed by atoms with Gasteiger partial charge in [0.1, 0.15) is 10.7 Å². The molecule has 0 aliphatic heterocycles. The molecule has 0 atom stereocenters. The molecule has 16 heavy (non-hydrogen) atoms. The molecule has 4 nitrogen and oxygen atoms in total. The molecule has 5 heteroatoms.